The Morgan fingerprint density at radius 3 is 2.23 bits per heavy atom. The van der Waals surface area contributed by atoms with Crippen molar-refractivity contribution in [2.24, 2.45) is 0 Å². The minimum absolute atomic E-state index is 0.0399. The largest absolute Gasteiger partial charge is 0.508 e. The summed E-state index contributed by atoms with van der Waals surface area (Å²) in [6, 6.07) is 11.5. The summed E-state index contributed by atoms with van der Waals surface area (Å²) in [5.74, 6) is -0.556. The number of nitrogens with one attached hydrogen (secondary N) is 1. The van der Waals surface area contributed by atoms with Crippen molar-refractivity contribution in [1.82, 2.24) is 0 Å². The summed E-state index contributed by atoms with van der Waals surface area (Å²) in [7, 11) is 1.31. The van der Waals surface area contributed by atoms with Gasteiger partial charge in [-0.15, -0.1) is 0 Å². The number of phenolic OH excluding ortho intramolecular Hbond substituents is 1. The molecule has 0 fully saturated rings. The zero-order valence-electron chi connectivity index (χ0n) is 13.9. The van der Waals surface area contributed by atoms with Crippen LogP contribution < -0.4 is 9.67 Å². The quantitative estimate of drug-likeness (QED) is 0.244. The topological polar surface area (TPSA) is 142 Å². The zero-order valence-corrected chi connectivity index (χ0v) is 15.8. The minimum Gasteiger partial charge on any atom is -0.508 e. The summed E-state index contributed by atoms with van der Waals surface area (Å²) in [4.78, 5) is 21.5. The van der Waals surface area contributed by atoms with Gasteiger partial charge in [-0.3, -0.25) is 0 Å². The van der Waals surface area contributed by atoms with E-state index in [1.807, 2.05) is 0 Å². The molecule has 10 heteroatoms. The molecule has 26 heavy (non-hydrogen) atoms. The molecular formula is C16H18AsNO8. The first-order valence-electron chi connectivity index (χ1n) is 7.11. The van der Waals surface area contributed by atoms with Gasteiger partial charge in [0.15, 0.2) is 0 Å². The van der Waals surface area contributed by atoms with Gasteiger partial charge in [0, 0.05) is 0 Å². The molecule has 9 nitrogen and oxygen atoms in total. The maximum atomic E-state index is 11.3. The molecule has 0 saturated carbocycles. The molecule has 4 N–H and O–H groups in total. The number of benzene rings is 2. The van der Waals surface area contributed by atoms with Gasteiger partial charge in [0.05, 0.1) is 12.7 Å². The molecule has 0 bridgehead atoms. The first-order chi connectivity index (χ1) is 12.2. The Morgan fingerprint density at radius 2 is 1.73 bits per heavy atom. The number of aromatic hydroxyl groups is 1. The Bertz CT molecular complexity index is 806. The predicted molar refractivity (Wildman–Crippen MR) is 92.2 cm³/mol. The number of amides is 1. The maximum Gasteiger partial charge on any atom is 0.337 e. The molecule has 0 saturated heterocycles. The monoisotopic (exact) mass is 427 g/mol. The third-order valence-corrected chi connectivity index (χ3v) is 5.31. The van der Waals surface area contributed by atoms with Crippen molar-refractivity contribution < 1.29 is 36.4 Å². The fourth-order valence-electron chi connectivity index (χ4n) is 1.73. The maximum absolute atomic E-state index is 11.3. The molecule has 140 valence electrons. The number of carbonyl (C=O) groups is 2. The second-order valence-corrected chi connectivity index (χ2v) is 8.48. The van der Waals surface area contributed by atoms with Crippen LogP contribution in [-0.4, -0.2) is 47.6 Å². The Kier molecular flexibility index (Phi) is 8.08. The third kappa shape index (κ3) is 6.73. The molecule has 2 rings (SSSR count). The van der Waals surface area contributed by atoms with Crippen molar-refractivity contribution in [3.05, 3.63) is 54.1 Å². The van der Waals surface area contributed by atoms with Crippen LogP contribution in [-0.2, 0) is 17.1 Å². The van der Waals surface area contributed by atoms with Crippen LogP contribution in [0.1, 0.15) is 17.3 Å². The van der Waals surface area contributed by atoms with Crippen LogP contribution in [0, 0.1) is 0 Å². The normalized spacial score (nSPS) is 12.2. The van der Waals surface area contributed by atoms with E-state index in [4.69, 9.17) is 10.4 Å². The molecule has 1 unspecified atom stereocenters. The van der Waals surface area contributed by atoms with E-state index in [-0.39, 0.29) is 16.0 Å². The molecule has 0 spiro atoms. The van der Waals surface area contributed by atoms with Crippen molar-refractivity contribution in [1.29, 1.82) is 0 Å². The number of hydrogen-bond acceptors (Lipinski definition) is 7. The average molecular weight is 427 g/mol. The second-order valence-electron chi connectivity index (χ2n) is 4.87. The summed E-state index contributed by atoms with van der Waals surface area (Å²) < 4.78 is 28.4. The molecule has 2 aromatic carbocycles. The van der Waals surface area contributed by atoms with Gasteiger partial charge in [-0.2, -0.15) is 0 Å². The van der Waals surface area contributed by atoms with E-state index >= 15 is 0 Å². The molecular weight excluding hydrogens is 409 g/mol. The van der Waals surface area contributed by atoms with Crippen molar-refractivity contribution in [3.63, 3.8) is 0 Å². The summed E-state index contributed by atoms with van der Waals surface area (Å²) in [5, 5.41) is 19.5. The van der Waals surface area contributed by atoms with Crippen LogP contribution in [0.4, 0.5) is 5.69 Å². The van der Waals surface area contributed by atoms with Gasteiger partial charge in [-0.1, -0.05) is 0 Å². The van der Waals surface area contributed by atoms with Crippen LogP contribution in [0.2, 0.25) is 0 Å². The van der Waals surface area contributed by atoms with Gasteiger partial charge >= 0.3 is 94.4 Å². The van der Waals surface area contributed by atoms with Gasteiger partial charge in [-0.25, -0.2) is 4.79 Å². The summed E-state index contributed by atoms with van der Waals surface area (Å²) in [5.41, 5.74) is 0.804. The van der Waals surface area contributed by atoms with E-state index in [2.05, 4.69) is 13.9 Å². The average Bonchev–Trinajstić information content (AvgIpc) is 2.62. The van der Waals surface area contributed by atoms with Crippen molar-refractivity contribution in [2.75, 3.05) is 12.4 Å². The van der Waals surface area contributed by atoms with E-state index < -0.39 is 20.1 Å². The Labute approximate surface area is 152 Å². The number of anilines is 1. The molecule has 0 aliphatic carbocycles. The van der Waals surface area contributed by atoms with Crippen molar-refractivity contribution in [3.8, 4) is 5.75 Å². The fraction of sp³-hybridized carbons (Fsp3) is 0.125. The molecule has 1 atom stereocenters. The van der Waals surface area contributed by atoms with Gasteiger partial charge in [0.2, 0.25) is 0 Å². The SMILES string of the molecule is CC(=O)Nc1cccc([As](=O)(O)OO)c1.COC(=O)c1ccc(O)cc1. The number of carbonyl (C=O) groups excluding carboxylic acids is 2. The first-order valence-corrected chi connectivity index (χ1v) is 10.4. The van der Waals surface area contributed by atoms with Gasteiger partial charge in [-0.05, 0) is 24.3 Å². The Hall–Kier alpha value is -2.58. The van der Waals surface area contributed by atoms with Crippen LogP contribution >= 0.6 is 0 Å². The molecule has 1 amide bonds. The van der Waals surface area contributed by atoms with E-state index in [1.54, 1.807) is 6.07 Å². The van der Waals surface area contributed by atoms with E-state index in [0.29, 0.717) is 11.3 Å². The standard InChI is InChI=1S/C8H10AsNO5.C8H8O3/c1-6(11)10-8-4-2-3-7(5-8)9(12,13)15-14;1-11-8(10)6-2-4-7(9)5-3-6/h2-5,14H,1H3,(H,10,11)(H,12,13);2-5,9H,1H3. The second kappa shape index (κ2) is 9.79. The number of methoxy groups -OCH3 is 1. The fourth-order valence-corrected chi connectivity index (χ4v) is 3.13. The Balaban J connectivity index is 0.000000273. The molecule has 0 aromatic heterocycles. The smallest absolute Gasteiger partial charge is 0.337 e. The summed E-state index contributed by atoms with van der Waals surface area (Å²) in [6.07, 6.45) is 0. The minimum atomic E-state index is -4.83. The first kappa shape index (κ1) is 21.5. The van der Waals surface area contributed by atoms with Crippen molar-refractivity contribution >= 4 is 36.1 Å². The molecule has 2 aromatic rings. The number of rotatable bonds is 4. The van der Waals surface area contributed by atoms with Gasteiger partial charge in [0.25, 0.3) is 0 Å². The predicted octanol–water partition coefficient (Wildman–Crippen LogP) is 0.882. The van der Waals surface area contributed by atoms with Gasteiger partial charge < -0.3 is 9.84 Å². The molecule has 0 radical (unpaired) electrons. The third-order valence-electron chi connectivity index (χ3n) is 2.89. The van der Waals surface area contributed by atoms with Crippen LogP contribution in [0.3, 0.4) is 0 Å². The number of phenols is 1. The Morgan fingerprint density at radius 1 is 1.12 bits per heavy atom. The van der Waals surface area contributed by atoms with Crippen LogP contribution in [0.5, 0.6) is 5.75 Å². The number of esters is 1. The van der Waals surface area contributed by atoms with E-state index in [0.717, 1.165) is 0 Å². The summed E-state index contributed by atoms with van der Waals surface area (Å²) in [6.45, 7) is 1.32. The number of ether oxygens (including phenoxy) is 1. The van der Waals surface area contributed by atoms with E-state index in [1.165, 1.54) is 56.5 Å². The van der Waals surface area contributed by atoms with Crippen LogP contribution in [0.15, 0.2) is 48.5 Å². The van der Waals surface area contributed by atoms with Crippen LogP contribution in [0.25, 0.3) is 0 Å². The van der Waals surface area contributed by atoms with Gasteiger partial charge in [0.1, 0.15) is 5.75 Å². The summed E-state index contributed by atoms with van der Waals surface area (Å²) >= 11 is -4.83. The zero-order chi connectivity index (χ0) is 19.7. The number of hydrogen-bond donors (Lipinski definition) is 4. The van der Waals surface area contributed by atoms with Crippen molar-refractivity contribution in [2.45, 2.75) is 6.92 Å². The molecule has 0 heterocycles. The molecule has 0 aliphatic rings. The molecule has 0 aliphatic heterocycles. The van der Waals surface area contributed by atoms with E-state index in [9.17, 15) is 17.4 Å².